The molecular formula is C15H18N4O5. The Morgan fingerprint density at radius 3 is 2.21 bits per heavy atom. The van der Waals surface area contributed by atoms with Gasteiger partial charge in [-0.2, -0.15) is 0 Å². The van der Waals surface area contributed by atoms with E-state index in [9.17, 15) is 9.59 Å². The normalized spacial score (nSPS) is 10.8. The highest BCUT2D eigenvalue weighted by molar-refractivity contribution is 5.87. The molecule has 0 aliphatic rings. The minimum Gasteiger partial charge on any atom is -0.493 e. The molecule has 1 heterocycles. The standard InChI is InChI=1S/C15H18N4O5/c1-19-14(20)9(13(16)18-15(19)21)7-17-8-5-10(22-2)12(24-4)11(6-8)23-3/h5-7H,16H2,1-4H3,(H,18,21). The molecule has 0 radical (unpaired) electrons. The average molecular weight is 334 g/mol. The second-order valence-electron chi connectivity index (χ2n) is 4.76. The van der Waals surface area contributed by atoms with Crippen molar-refractivity contribution in [3.8, 4) is 17.2 Å². The molecule has 0 aliphatic carbocycles. The molecule has 9 heteroatoms. The topological polar surface area (TPSA) is 121 Å². The van der Waals surface area contributed by atoms with Crippen molar-refractivity contribution in [1.29, 1.82) is 0 Å². The summed E-state index contributed by atoms with van der Waals surface area (Å²) in [5.41, 5.74) is 5.07. The molecule has 2 aromatic rings. The van der Waals surface area contributed by atoms with Crippen molar-refractivity contribution in [3.05, 3.63) is 38.5 Å². The van der Waals surface area contributed by atoms with Crippen LogP contribution in [0.2, 0.25) is 0 Å². The molecular weight excluding hydrogens is 316 g/mol. The summed E-state index contributed by atoms with van der Waals surface area (Å²) in [6.07, 6.45) is 1.27. The minimum absolute atomic E-state index is 0.0562. The van der Waals surface area contributed by atoms with E-state index < -0.39 is 11.2 Å². The van der Waals surface area contributed by atoms with E-state index in [1.54, 1.807) is 12.1 Å². The molecule has 0 amide bonds. The number of ether oxygens (including phenoxy) is 3. The van der Waals surface area contributed by atoms with E-state index in [0.29, 0.717) is 22.9 Å². The number of rotatable bonds is 5. The third-order valence-corrected chi connectivity index (χ3v) is 3.36. The van der Waals surface area contributed by atoms with Crippen molar-refractivity contribution in [2.75, 3.05) is 27.1 Å². The Morgan fingerprint density at radius 1 is 1.12 bits per heavy atom. The summed E-state index contributed by atoms with van der Waals surface area (Å²) in [6, 6.07) is 3.23. The molecule has 0 saturated heterocycles. The van der Waals surface area contributed by atoms with Gasteiger partial charge >= 0.3 is 5.69 Å². The molecule has 0 unspecified atom stereocenters. The first-order chi connectivity index (χ1) is 11.4. The zero-order valence-corrected chi connectivity index (χ0v) is 13.7. The molecule has 0 bridgehead atoms. The summed E-state index contributed by atoms with van der Waals surface area (Å²) in [5.74, 6) is 1.22. The SMILES string of the molecule is COc1cc(N=Cc2c(N)[nH]c(=O)n(C)c2=O)cc(OC)c1OC. The first-order valence-corrected chi connectivity index (χ1v) is 6.85. The van der Waals surface area contributed by atoms with Crippen LogP contribution in [0.5, 0.6) is 17.2 Å². The van der Waals surface area contributed by atoms with Gasteiger partial charge in [0.25, 0.3) is 5.56 Å². The summed E-state index contributed by atoms with van der Waals surface area (Å²) >= 11 is 0. The van der Waals surface area contributed by atoms with E-state index in [1.807, 2.05) is 0 Å². The Hall–Kier alpha value is -3.23. The van der Waals surface area contributed by atoms with E-state index in [2.05, 4.69) is 9.98 Å². The van der Waals surface area contributed by atoms with Gasteiger partial charge in [0.15, 0.2) is 11.5 Å². The molecule has 3 N–H and O–H groups in total. The Bertz CT molecular complexity index is 873. The minimum atomic E-state index is -0.595. The number of hydrogen-bond acceptors (Lipinski definition) is 7. The summed E-state index contributed by atoms with van der Waals surface area (Å²) < 4.78 is 16.6. The maximum atomic E-state index is 12.1. The molecule has 1 aromatic carbocycles. The number of nitrogens with one attached hydrogen (secondary N) is 1. The van der Waals surface area contributed by atoms with Crippen molar-refractivity contribution < 1.29 is 14.2 Å². The molecule has 0 spiro atoms. The number of hydrogen-bond donors (Lipinski definition) is 2. The number of methoxy groups -OCH3 is 3. The van der Waals surface area contributed by atoms with E-state index >= 15 is 0 Å². The van der Waals surface area contributed by atoms with Crippen molar-refractivity contribution in [2.24, 2.45) is 12.0 Å². The predicted molar refractivity (Wildman–Crippen MR) is 90.1 cm³/mol. The monoisotopic (exact) mass is 334 g/mol. The second-order valence-corrected chi connectivity index (χ2v) is 4.76. The zero-order chi connectivity index (χ0) is 17.9. The van der Waals surface area contributed by atoms with E-state index in [1.165, 1.54) is 34.6 Å². The number of benzene rings is 1. The van der Waals surface area contributed by atoms with Gasteiger partial charge in [-0.05, 0) is 0 Å². The lowest BCUT2D eigenvalue weighted by Crippen LogP contribution is -2.35. The fourth-order valence-corrected chi connectivity index (χ4v) is 2.06. The number of anilines is 1. The van der Waals surface area contributed by atoms with Crippen LogP contribution in [0.15, 0.2) is 26.7 Å². The number of aliphatic imine (C=N–C) groups is 1. The molecule has 0 aliphatic heterocycles. The van der Waals surface area contributed by atoms with Crippen molar-refractivity contribution >= 4 is 17.7 Å². The molecule has 9 nitrogen and oxygen atoms in total. The number of nitrogens with two attached hydrogens (primary N) is 1. The quantitative estimate of drug-likeness (QED) is 0.765. The fraction of sp³-hybridized carbons (Fsp3) is 0.267. The average Bonchev–Trinajstić information content (AvgIpc) is 2.58. The number of aromatic amines is 1. The van der Waals surface area contributed by atoms with Crippen LogP contribution in [-0.2, 0) is 7.05 Å². The summed E-state index contributed by atoms with van der Waals surface area (Å²) in [6.45, 7) is 0. The lowest BCUT2D eigenvalue weighted by molar-refractivity contribution is 0.324. The van der Waals surface area contributed by atoms with Gasteiger partial charge in [0, 0.05) is 25.4 Å². The summed E-state index contributed by atoms with van der Waals surface area (Å²) in [7, 11) is 5.81. The van der Waals surface area contributed by atoms with Crippen LogP contribution in [0.3, 0.4) is 0 Å². The van der Waals surface area contributed by atoms with Crippen molar-refractivity contribution in [2.45, 2.75) is 0 Å². The first kappa shape index (κ1) is 17.1. The van der Waals surface area contributed by atoms with Crippen LogP contribution in [0.4, 0.5) is 11.5 Å². The maximum absolute atomic E-state index is 12.1. The first-order valence-electron chi connectivity index (χ1n) is 6.85. The fourth-order valence-electron chi connectivity index (χ4n) is 2.06. The predicted octanol–water partition coefficient (Wildman–Crippen LogP) is 0.432. The Kier molecular flexibility index (Phi) is 4.93. The van der Waals surface area contributed by atoms with E-state index in [4.69, 9.17) is 19.9 Å². The summed E-state index contributed by atoms with van der Waals surface area (Å²) in [5, 5.41) is 0. The van der Waals surface area contributed by atoms with E-state index in [-0.39, 0.29) is 11.4 Å². The van der Waals surface area contributed by atoms with Gasteiger partial charge < -0.3 is 19.9 Å². The number of nitrogen functional groups attached to an aromatic ring is 1. The van der Waals surface area contributed by atoms with Gasteiger partial charge in [-0.25, -0.2) is 4.79 Å². The van der Waals surface area contributed by atoms with Crippen molar-refractivity contribution in [1.82, 2.24) is 9.55 Å². The van der Waals surface area contributed by atoms with Crippen molar-refractivity contribution in [3.63, 3.8) is 0 Å². The number of nitrogens with zero attached hydrogens (tertiary/aromatic N) is 2. The van der Waals surface area contributed by atoms with Crippen LogP contribution in [0.1, 0.15) is 5.56 Å². The molecule has 0 saturated carbocycles. The Labute approximate surface area is 137 Å². The van der Waals surface area contributed by atoms with Crippen LogP contribution < -0.4 is 31.2 Å². The van der Waals surface area contributed by atoms with Gasteiger partial charge in [0.2, 0.25) is 5.75 Å². The highest BCUT2D eigenvalue weighted by atomic mass is 16.5. The maximum Gasteiger partial charge on any atom is 0.329 e. The molecule has 1 aromatic heterocycles. The third-order valence-electron chi connectivity index (χ3n) is 3.36. The molecule has 0 atom stereocenters. The lowest BCUT2D eigenvalue weighted by atomic mass is 10.2. The van der Waals surface area contributed by atoms with Gasteiger partial charge in [-0.3, -0.25) is 19.3 Å². The third kappa shape index (κ3) is 3.09. The molecule has 2 rings (SSSR count). The van der Waals surface area contributed by atoms with Crippen LogP contribution in [-0.4, -0.2) is 37.1 Å². The molecule has 0 fully saturated rings. The Balaban J connectivity index is 2.53. The van der Waals surface area contributed by atoms with Crippen LogP contribution in [0, 0.1) is 0 Å². The van der Waals surface area contributed by atoms with Gasteiger partial charge in [0.1, 0.15) is 5.82 Å². The zero-order valence-electron chi connectivity index (χ0n) is 13.7. The van der Waals surface area contributed by atoms with E-state index in [0.717, 1.165) is 4.57 Å². The van der Waals surface area contributed by atoms with Gasteiger partial charge in [-0.1, -0.05) is 0 Å². The second kappa shape index (κ2) is 6.90. The van der Waals surface area contributed by atoms with Crippen LogP contribution >= 0.6 is 0 Å². The smallest absolute Gasteiger partial charge is 0.329 e. The number of aromatic nitrogens is 2. The largest absolute Gasteiger partial charge is 0.493 e. The lowest BCUT2D eigenvalue weighted by Gasteiger charge is -2.12. The highest BCUT2D eigenvalue weighted by Gasteiger charge is 2.13. The Morgan fingerprint density at radius 2 is 1.71 bits per heavy atom. The van der Waals surface area contributed by atoms with Crippen LogP contribution in [0.25, 0.3) is 0 Å². The van der Waals surface area contributed by atoms with Gasteiger partial charge in [-0.15, -0.1) is 0 Å². The van der Waals surface area contributed by atoms with Gasteiger partial charge in [0.05, 0.1) is 32.6 Å². The molecule has 24 heavy (non-hydrogen) atoms. The summed E-state index contributed by atoms with van der Waals surface area (Å²) in [4.78, 5) is 30.1. The molecule has 128 valence electrons. The highest BCUT2D eigenvalue weighted by Crippen LogP contribution is 2.40. The number of H-pyrrole nitrogens is 1.